The van der Waals surface area contributed by atoms with Gasteiger partial charge in [0, 0.05) is 44.3 Å². The Labute approximate surface area is 120 Å². The van der Waals surface area contributed by atoms with Gasteiger partial charge in [-0.2, -0.15) is 0 Å². The number of likely N-dealkylation sites (tertiary alicyclic amines) is 1. The van der Waals surface area contributed by atoms with Gasteiger partial charge in [-0.1, -0.05) is 0 Å². The molecule has 0 radical (unpaired) electrons. The Kier molecular flexibility index (Phi) is 4.70. The van der Waals surface area contributed by atoms with E-state index in [-0.39, 0.29) is 5.91 Å². The molecule has 1 fully saturated rings. The van der Waals surface area contributed by atoms with Crippen LogP contribution in [0.2, 0.25) is 0 Å². The van der Waals surface area contributed by atoms with Crippen LogP contribution in [0.15, 0.2) is 24.3 Å². The molecule has 1 aliphatic heterocycles. The minimum absolute atomic E-state index is 0.141. The normalized spacial score (nSPS) is 18.7. The number of hydrogen-bond acceptors (Lipinski definition) is 2. The molecular formula is C15H21ClN2O. The molecular weight excluding hydrogens is 260 g/mol. The number of rotatable bonds is 4. The zero-order valence-electron chi connectivity index (χ0n) is 11.6. The quantitative estimate of drug-likeness (QED) is 0.792. The van der Waals surface area contributed by atoms with Crippen LogP contribution in [-0.4, -0.2) is 43.9 Å². The average molecular weight is 281 g/mol. The van der Waals surface area contributed by atoms with Crippen molar-refractivity contribution in [3.05, 3.63) is 29.8 Å². The highest BCUT2D eigenvalue weighted by molar-refractivity contribution is 6.17. The van der Waals surface area contributed by atoms with E-state index in [4.69, 9.17) is 11.6 Å². The fraction of sp³-hybridized carbons (Fsp3) is 0.533. The molecule has 4 heteroatoms. The van der Waals surface area contributed by atoms with Gasteiger partial charge < -0.3 is 9.80 Å². The maximum atomic E-state index is 12.4. The third-order valence-corrected chi connectivity index (χ3v) is 3.94. The lowest BCUT2D eigenvalue weighted by atomic mass is 10.1. The summed E-state index contributed by atoms with van der Waals surface area (Å²) in [5.74, 6) is 1.40. The number of anilines is 1. The van der Waals surface area contributed by atoms with Crippen molar-refractivity contribution in [2.45, 2.75) is 12.8 Å². The van der Waals surface area contributed by atoms with Gasteiger partial charge in [0.1, 0.15) is 0 Å². The Morgan fingerprint density at radius 3 is 2.63 bits per heavy atom. The fourth-order valence-electron chi connectivity index (χ4n) is 2.49. The molecule has 0 saturated carbocycles. The van der Waals surface area contributed by atoms with Crippen molar-refractivity contribution in [2.75, 3.05) is 38.0 Å². The second-order valence-electron chi connectivity index (χ2n) is 5.32. The summed E-state index contributed by atoms with van der Waals surface area (Å²) in [7, 11) is 3.99. The van der Waals surface area contributed by atoms with Crippen LogP contribution in [0.5, 0.6) is 0 Å². The van der Waals surface area contributed by atoms with Crippen molar-refractivity contribution in [2.24, 2.45) is 5.92 Å². The molecule has 0 spiro atoms. The van der Waals surface area contributed by atoms with Gasteiger partial charge in [0.15, 0.2) is 0 Å². The minimum atomic E-state index is 0.141. The lowest BCUT2D eigenvalue weighted by Gasteiger charge is -2.17. The van der Waals surface area contributed by atoms with Crippen molar-refractivity contribution in [1.82, 2.24) is 4.90 Å². The molecule has 1 aromatic carbocycles. The summed E-state index contributed by atoms with van der Waals surface area (Å²) in [6.45, 7) is 1.71. The number of carbonyl (C=O) groups is 1. The number of halogens is 1. The third-order valence-electron chi connectivity index (χ3n) is 3.72. The lowest BCUT2D eigenvalue weighted by molar-refractivity contribution is 0.0787. The van der Waals surface area contributed by atoms with E-state index in [2.05, 4.69) is 0 Å². The number of alkyl halides is 1. The molecule has 3 nitrogen and oxygen atoms in total. The molecule has 1 unspecified atom stereocenters. The summed E-state index contributed by atoms with van der Waals surface area (Å²) < 4.78 is 0. The summed E-state index contributed by atoms with van der Waals surface area (Å²) >= 11 is 5.76. The lowest BCUT2D eigenvalue weighted by Crippen LogP contribution is -2.28. The molecule has 0 aromatic heterocycles. The van der Waals surface area contributed by atoms with Gasteiger partial charge in [0.05, 0.1) is 0 Å². The first-order valence-electron chi connectivity index (χ1n) is 6.74. The summed E-state index contributed by atoms with van der Waals surface area (Å²) in [6.07, 6.45) is 2.08. The standard InChI is InChI=1S/C15H21ClN2O/c1-17(2)14-5-3-13(4-6-14)15(19)18-10-8-12(11-18)7-9-16/h3-6,12H,7-11H2,1-2H3. The van der Waals surface area contributed by atoms with Gasteiger partial charge in [-0.3, -0.25) is 4.79 Å². The van der Waals surface area contributed by atoms with Crippen LogP contribution in [0, 0.1) is 5.92 Å². The van der Waals surface area contributed by atoms with Crippen molar-refractivity contribution in [1.29, 1.82) is 0 Å². The van der Waals surface area contributed by atoms with Crippen LogP contribution in [0.25, 0.3) is 0 Å². The Bertz CT molecular complexity index is 430. The monoisotopic (exact) mass is 280 g/mol. The molecule has 1 aliphatic rings. The molecule has 1 heterocycles. The zero-order valence-corrected chi connectivity index (χ0v) is 12.4. The summed E-state index contributed by atoms with van der Waals surface area (Å²) in [5.41, 5.74) is 1.88. The van der Waals surface area contributed by atoms with Crippen molar-refractivity contribution in [3.8, 4) is 0 Å². The third kappa shape index (κ3) is 3.41. The molecule has 1 aromatic rings. The van der Waals surface area contributed by atoms with Crippen LogP contribution < -0.4 is 4.90 Å². The number of hydrogen-bond donors (Lipinski definition) is 0. The fourth-order valence-corrected chi connectivity index (χ4v) is 2.80. The SMILES string of the molecule is CN(C)c1ccc(C(=O)N2CCC(CCCl)C2)cc1. The van der Waals surface area contributed by atoms with Crippen LogP contribution in [-0.2, 0) is 0 Å². The van der Waals surface area contributed by atoms with Crippen molar-refractivity contribution in [3.63, 3.8) is 0 Å². The van der Waals surface area contributed by atoms with Gasteiger partial charge in [-0.05, 0) is 43.0 Å². The Hall–Kier alpha value is -1.22. The van der Waals surface area contributed by atoms with E-state index in [1.807, 2.05) is 48.2 Å². The molecule has 0 aliphatic carbocycles. The van der Waals surface area contributed by atoms with Gasteiger partial charge in [-0.15, -0.1) is 11.6 Å². The first-order valence-corrected chi connectivity index (χ1v) is 7.28. The van der Waals surface area contributed by atoms with Gasteiger partial charge >= 0.3 is 0 Å². The van der Waals surface area contributed by atoms with E-state index >= 15 is 0 Å². The van der Waals surface area contributed by atoms with Crippen LogP contribution in [0.1, 0.15) is 23.2 Å². The van der Waals surface area contributed by atoms with Gasteiger partial charge in [0.2, 0.25) is 0 Å². The van der Waals surface area contributed by atoms with Crippen LogP contribution in [0.3, 0.4) is 0 Å². The van der Waals surface area contributed by atoms with Crippen molar-refractivity contribution < 1.29 is 4.79 Å². The van der Waals surface area contributed by atoms with Crippen LogP contribution in [0.4, 0.5) is 5.69 Å². The first kappa shape index (κ1) is 14.2. The highest BCUT2D eigenvalue weighted by Gasteiger charge is 2.26. The van der Waals surface area contributed by atoms with Gasteiger partial charge in [0.25, 0.3) is 5.91 Å². The molecule has 1 saturated heterocycles. The van der Waals surface area contributed by atoms with Crippen molar-refractivity contribution >= 4 is 23.2 Å². The zero-order chi connectivity index (χ0) is 13.8. The minimum Gasteiger partial charge on any atom is -0.378 e. The van der Waals surface area contributed by atoms with E-state index in [1.165, 1.54) is 0 Å². The molecule has 19 heavy (non-hydrogen) atoms. The molecule has 2 rings (SSSR count). The van der Waals surface area contributed by atoms with E-state index in [0.717, 1.165) is 37.2 Å². The number of amides is 1. The van der Waals surface area contributed by atoms with Crippen LogP contribution >= 0.6 is 11.6 Å². The maximum Gasteiger partial charge on any atom is 0.253 e. The maximum absolute atomic E-state index is 12.4. The van der Waals surface area contributed by atoms with E-state index in [9.17, 15) is 4.79 Å². The molecule has 1 amide bonds. The smallest absolute Gasteiger partial charge is 0.253 e. The second kappa shape index (κ2) is 6.29. The number of carbonyl (C=O) groups excluding carboxylic acids is 1. The average Bonchev–Trinajstić information content (AvgIpc) is 2.87. The Morgan fingerprint density at radius 1 is 1.37 bits per heavy atom. The molecule has 104 valence electrons. The number of nitrogens with zero attached hydrogens (tertiary/aromatic N) is 2. The molecule has 1 atom stereocenters. The van der Waals surface area contributed by atoms with E-state index in [0.29, 0.717) is 11.8 Å². The highest BCUT2D eigenvalue weighted by atomic mass is 35.5. The molecule has 0 N–H and O–H groups in total. The molecule has 0 bridgehead atoms. The summed E-state index contributed by atoms with van der Waals surface area (Å²) in [4.78, 5) is 16.3. The summed E-state index contributed by atoms with van der Waals surface area (Å²) in [5, 5.41) is 0. The topological polar surface area (TPSA) is 23.6 Å². The Morgan fingerprint density at radius 2 is 2.05 bits per heavy atom. The van der Waals surface area contributed by atoms with E-state index in [1.54, 1.807) is 0 Å². The second-order valence-corrected chi connectivity index (χ2v) is 5.70. The highest BCUT2D eigenvalue weighted by Crippen LogP contribution is 2.22. The van der Waals surface area contributed by atoms with Gasteiger partial charge in [-0.25, -0.2) is 0 Å². The first-order chi connectivity index (χ1) is 9.11. The summed E-state index contributed by atoms with van der Waals surface area (Å²) in [6, 6.07) is 7.79. The predicted molar refractivity (Wildman–Crippen MR) is 80.1 cm³/mol. The largest absolute Gasteiger partial charge is 0.378 e. The predicted octanol–water partition coefficient (Wildman–Crippen LogP) is 2.84. The van der Waals surface area contributed by atoms with E-state index < -0.39 is 0 Å². The number of benzene rings is 1. The Balaban J connectivity index is 2.00.